The van der Waals surface area contributed by atoms with Gasteiger partial charge in [-0.3, -0.25) is 0 Å². The Morgan fingerprint density at radius 3 is 1.80 bits per heavy atom. The number of rotatable bonds is 7. The van der Waals surface area contributed by atoms with Crippen LogP contribution in [0.25, 0.3) is 10.8 Å². The largest absolute Gasteiger partial charge is 1.00 e. The Morgan fingerprint density at radius 1 is 0.880 bits per heavy atom. The molecule has 0 aliphatic carbocycles. The Morgan fingerprint density at radius 2 is 1.32 bits per heavy atom. The van der Waals surface area contributed by atoms with Crippen LogP contribution in [-0.4, -0.2) is 15.9 Å². The molecule has 5 heteroatoms. The Labute approximate surface area is 177 Å². The van der Waals surface area contributed by atoms with Gasteiger partial charge in [-0.1, -0.05) is 70.4 Å². The van der Waals surface area contributed by atoms with Crippen molar-refractivity contribution in [3.05, 3.63) is 47.0 Å². The minimum atomic E-state index is -2.32. The summed E-state index contributed by atoms with van der Waals surface area (Å²) in [6.07, 6.45) is 7.26. The third-order valence-electron chi connectivity index (χ3n) is 4.00. The predicted octanol–water partition coefficient (Wildman–Crippen LogP) is 2.13. The summed E-state index contributed by atoms with van der Waals surface area (Å²) >= 11 is -2.32. The molecule has 0 aliphatic heterocycles. The molecule has 2 aromatic carbocycles. The first-order valence-corrected chi connectivity index (χ1v) is 9.74. The zero-order chi connectivity index (χ0) is 17.9. The normalized spacial score (nSPS) is 11.4. The molecule has 0 bridgehead atoms. The van der Waals surface area contributed by atoms with Gasteiger partial charge in [0.05, 0.1) is 18.5 Å². The molecule has 2 aromatic rings. The van der Waals surface area contributed by atoms with Crippen LogP contribution in [0.5, 0.6) is 0 Å². The Balaban J connectivity index is 0.000000848. The number of hydrogen-bond acceptors (Lipinski definition) is 3. The second kappa shape index (κ2) is 13.9. The Bertz CT molecular complexity index is 646. The monoisotopic (exact) mass is 372 g/mol. The average molecular weight is 373 g/mol. The van der Waals surface area contributed by atoms with Gasteiger partial charge in [-0.15, -0.1) is 0 Å². The molecule has 134 valence electrons. The van der Waals surface area contributed by atoms with E-state index in [0.29, 0.717) is 0 Å². The van der Waals surface area contributed by atoms with Crippen LogP contribution in [0.4, 0.5) is 0 Å². The van der Waals surface area contributed by atoms with Crippen molar-refractivity contribution < 1.29 is 42.5 Å². The zero-order valence-electron chi connectivity index (χ0n) is 16.3. The SMILES string of the molecule is CCCc1ccc(CCC)c2c(CCC)cccc12.COS(=O)[O-].[Na+]. The van der Waals surface area contributed by atoms with Crippen molar-refractivity contribution in [3.63, 3.8) is 0 Å². The van der Waals surface area contributed by atoms with Gasteiger partial charge in [0.1, 0.15) is 0 Å². The van der Waals surface area contributed by atoms with E-state index in [4.69, 9.17) is 8.76 Å². The van der Waals surface area contributed by atoms with Crippen LogP contribution < -0.4 is 29.6 Å². The molecule has 0 saturated heterocycles. The molecule has 0 aliphatic rings. The van der Waals surface area contributed by atoms with Gasteiger partial charge >= 0.3 is 29.6 Å². The molecule has 0 heterocycles. The maximum absolute atomic E-state index is 9.15. The number of benzene rings is 2. The average Bonchev–Trinajstić information content (AvgIpc) is 2.58. The summed E-state index contributed by atoms with van der Waals surface area (Å²) in [6.45, 7) is 6.81. The van der Waals surface area contributed by atoms with Crippen LogP contribution in [0, 0.1) is 0 Å². The molecule has 0 N–H and O–H groups in total. The van der Waals surface area contributed by atoms with E-state index in [9.17, 15) is 0 Å². The number of aryl methyl sites for hydroxylation is 3. The first-order chi connectivity index (χ1) is 11.6. The fourth-order valence-electron chi connectivity index (χ4n) is 3.06. The van der Waals surface area contributed by atoms with Crippen LogP contribution in [-0.2, 0) is 34.8 Å². The van der Waals surface area contributed by atoms with Crippen LogP contribution >= 0.6 is 0 Å². The molecule has 0 radical (unpaired) electrons. The molecule has 0 saturated carbocycles. The summed E-state index contributed by atoms with van der Waals surface area (Å²) in [6, 6.07) is 11.6. The molecule has 2 rings (SSSR count). The molecule has 25 heavy (non-hydrogen) atoms. The predicted molar refractivity (Wildman–Crippen MR) is 102 cm³/mol. The summed E-state index contributed by atoms with van der Waals surface area (Å²) < 4.78 is 22.0. The smallest absolute Gasteiger partial charge is 0.750 e. The molecule has 1 atom stereocenters. The maximum atomic E-state index is 9.15. The third-order valence-corrected chi connectivity index (χ3v) is 4.27. The van der Waals surface area contributed by atoms with E-state index < -0.39 is 11.4 Å². The van der Waals surface area contributed by atoms with E-state index in [0.717, 1.165) is 7.11 Å². The van der Waals surface area contributed by atoms with E-state index >= 15 is 0 Å². The second-order valence-corrected chi connectivity index (χ2v) is 6.59. The summed E-state index contributed by atoms with van der Waals surface area (Å²) in [5, 5.41) is 3.05. The van der Waals surface area contributed by atoms with Crippen molar-refractivity contribution in [3.8, 4) is 0 Å². The fraction of sp³-hybridized carbons (Fsp3) is 0.500. The van der Waals surface area contributed by atoms with Gasteiger partial charge in [0.25, 0.3) is 0 Å². The second-order valence-electron chi connectivity index (χ2n) is 5.84. The van der Waals surface area contributed by atoms with E-state index in [-0.39, 0.29) is 29.6 Å². The van der Waals surface area contributed by atoms with Crippen molar-refractivity contribution in [2.75, 3.05) is 7.11 Å². The number of hydrogen-bond donors (Lipinski definition) is 0. The first-order valence-electron chi connectivity index (χ1n) is 8.74. The van der Waals surface area contributed by atoms with Gasteiger partial charge in [0, 0.05) is 0 Å². The zero-order valence-corrected chi connectivity index (χ0v) is 19.1. The van der Waals surface area contributed by atoms with Crippen molar-refractivity contribution in [2.24, 2.45) is 0 Å². The van der Waals surface area contributed by atoms with Crippen LogP contribution in [0.1, 0.15) is 56.7 Å². The summed E-state index contributed by atoms with van der Waals surface area (Å²) in [7, 11) is 1.09. The van der Waals surface area contributed by atoms with Crippen molar-refractivity contribution in [2.45, 2.75) is 59.3 Å². The van der Waals surface area contributed by atoms with Gasteiger partial charge in [0.2, 0.25) is 0 Å². The standard InChI is InChI=1S/C19H26.CH4O3S.Na/c1-4-8-15-13-14-17(10-6-3)19-16(9-5-2)11-7-12-18(15)19;1-4-5(2)3;/h7,11-14H,4-6,8-10H2,1-3H3;1H3,(H,2,3);/q;;+1/p-1. The Kier molecular flexibility index (Phi) is 13.8. The van der Waals surface area contributed by atoms with Crippen molar-refractivity contribution >= 4 is 22.1 Å². The van der Waals surface area contributed by atoms with Crippen molar-refractivity contribution in [1.82, 2.24) is 0 Å². The minimum absolute atomic E-state index is 0. The van der Waals surface area contributed by atoms with E-state index in [1.807, 2.05) is 0 Å². The van der Waals surface area contributed by atoms with Crippen molar-refractivity contribution in [1.29, 1.82) is 0 Å². The van der Waals surface area contributed by atoms with E-state index in [2.05, 4.69) is 55.3 Å². The topological polar surface area (TPSA) is 49.4 Å². The molecule has 0 fully saturated rings. The molecule has 0 amide bonds. The Hall–Kier alpha value is -0.230. The summed E-state index contributed by atoms with van der Waals surface area (Å²) in [4.78, 5) is 0. The van der Waals surface area contributed by atoms with Gasteiger partial charge < -0.3 is 8.74 Å². The molecular weight excluding hydrogens is 343 g/mol. The van der Waals surface area contributed by atoms with Gasteiger partial charge in [0.15, 0.2) is 0 Å². The van der Waals surface area contributed by atoms with Gasteiger partial charge in [-0.25, -0.2) is 4.21 Å². The van der Waals surface area contributed by atoms with Crippen LogP contribution in [0.3, 0.4) is 0 Å². The maximum Gasteiger partial charge on any atom is 1.00 e. The van der Waals surface area contributed by atoms with E-state index in [1.54, 1.807) is 16.5 Å². The molecular formula is C20H29NaO3S. The molecule has 1 unspecified atom stereocenters. The minimum Gasteiger partial charge on any atom is -0.750 e. The van der Waals surface area contributed by atoms with Crippen LogP contribution in [0.15, 0.2) is 30.3 Å². The molecule has 0 aromatic heterocycles. The first kappa shape index (κ1) is 24.8. The summed E-state index contributed by atoms with van der Waals surface area (Å²) in [5.41, 5.74) is 4.61. The van der Waals surface area contributed by atoms with Gasteiger partial charge in [-0.05, 0) is 46.7 Å². The fourth-order valence-corrected chi connectivity index (χ4v) is 3.06. The van der Waals surface area contributed by atoms with Crippen LogP contribution in [0.2, 0.25) is 0 Å². The number of fused-ring (bicyclic) bond motifs is 1. The molecule has 0 spiro atoms. The van der Waals surface area contributed by atoms with Gasteiger partial charge in [-0.2, -0.15) is 0 Å². The molecule has 3 nitrogen and oxygen atoms in total. The quantitative estimate of drug-likeness (QED) is 0.553. The third kappa shape index (κ3) is 7.90. The summed E-state index contributed by atoms with van der Waals surface area (Å²) in [5.74, 6) is 0. The van der Waals surface area contributed by atoms with E-state index in [1.165, 1.54) is 49.5 Å².